The van der Waals surface area contributed by atoms with Crippen LogP contribution in [0.1, 0.15) is 24.6 Å². The van der Waals surface area contributed by atoms with Crippen molar-refractivity contribution in [1.29, 1.82) is 0 Å². The first kappa shape index (κ1) is 17.7. The number of hydrogen-bond donors (Lipinski definition) is 3. The van der Waals surface area contributed by atoms with Gasteiger partial charge in [-0.25, -0.2) is 4.98 Å². The summed E-state index contributed by atoms with van der Waals surface area (Å²) in [5.74, 6) is -2.14. The van der Waals surface area contributed by atoms with Gasteiger partial charge in [-0.05, 0) is 12.0 Å². The highest BCUT2D eigenvalue weighted by molar-refractivity contribution is 5.77. The zero-order chi connectivity index (χ0) is 17.5. The van der Waals surface area contributed by atoms with Crippen LogP contribution >= 0.6 is 0 Å². The first-order valence-electron chi connectivity index (χ1n) is 7.75. The second kappa shape index (κ2) is 8.26. The molecule has 2 atom stereocenters. The van der Waals surface area contributed by atoms with Crippen molar-refractivity contribution in [3.63, 3.8) is 0 Å². The summed E-state index contributed by atoms with van der Waals surface area (Å²) in [5.41, 5.74) is 1.81. The topological polar surface area (TPSA) is 104 Å². The third kappa shape index (κ3) is 4.66. The van der Waals surface area contributed by atoms with Crippen LogP contribution in [0.15, 0.2) is 42.9 Å². The fourth-order valence-corrected chi connectivity index (χ4v) is 2.47. The Bertz CT molecular complexity index is 684. The van der Waals surface area contributed by atoms with Crippen LogP contribution in [-0.2, 0) is 22.6 Å². The molecule has 1 heterocycles. The van der Waals surface area contributed by atoms with E-state index in [0.717, 1.165) is 11.3 Å². The van der Waals surface area contributed by atoms with Crippen LogP contribution in [0.4, 0.5) is 0 Å². The number of rotatable bonds is 9. The molecular formula is C17H21N3O4. The van der Waals surface area contributed by atoms with Crippen molar-refractivity contribution in [2.45, 2.75) is 38.4 Å². The highest BCUT2D eigenvalue weighted by Crippen LogP contribution is 2.09. The first-order valence-corrected chi connectivity index (χ1v) is 7.75. The maximum atomic E-state index is 11.5. The third-order valence-corrected chi connectivity index (χ3v) is 3.81. The molecule has 0 amide bonds. The van der Waals surface area contributed by atoms with E-state index < -0.39 is 24.0 Å². The molecule has 0 aliphatic rings. The normalized spacial score (nSPS) is 13.4. The second-order valence-corrected chi connectivity index (χ2v) is 5.56. The fraction of sp³-hybridized carbons (Fsp3) is 0.353. The van der Waals surface area contributed by atoms with E-state index in [9.17, 15) is 14.7 Å². The van der Waals surface area contributed by atoms with Crippen LogP contribution in [0, 0.1) is 0 Å². The van der Waals surface area contributed by atoms with E-state index in [1.165, 1.54) is 0 Å². The number of imidazole rings is 1. The number of aromatic nitrogens is 2. The van der Waals surface area contributed by atoms with Crippen LogP contribution in [-0.4, -0.2) is 43.8 Å². The smallest absolute Gasteiger partial charge is 0.321 e. The molecule has 7 heteroatoms. The zero-order valence-electron chi connectivity index (χ0n) is 13.4. The van der Waals surface area contributed by atoms with Gasteiger partial charge in [-0.15, -0.1) is 0 Å². The van der Waals surface area contributed by atoms with Crippen molar-refractivity contribution in [3.05, 3.63) is 54.1 Å². The Balaban J connectivity index is 2.11. The van der Waals surface area contributed by atoms with Gasteiger partial charge < -0.3 is 14.8 Å². The van der Waals surface area contributed by atoms with Gasteiger partial charge in [0.1, 0.15) is 12.1 Å². The summed E-state index contributed by atoms with van der Waals surface area (Å²) in [6.07, 6.45) is 3.73. The summed E-state index contributed by atoms with van der Waals surface area (Å²) in [4.78, 5) is 26.7. The number of carboxylic acids is 2. The molecule has 24 heavy (non-hydrogen) atoms. The van der Waals surface area contributed by atoms with E-state index in [-0.39, 0.29) is 6.42 Å². The minimum atomic E-state index is -1.08. The first-order chi connectivity index (χ1) is 11.5. The van der Waals surface area contributed by atoms with Gasteiger partial charge in [0.2, 0.25) is 0 Å². The summed E-state index contributed by atoms with van der Waals surface area (Å²) < 4.78 is 1.87. The van der Waals surface area contributed by atoms with Crippen LogP contribution in [0.25, 0.3) is 0 Å². The predicted molar refractivity (Wildman–Crippen MR) is 87.7 cm³/mol. The van der Waals surface area contributed by atoms with Gasteiger partial charge in [0, 0.05) is 24.9 Å². The lowest BCUT2D eigenvalue weighted by atomic mass is 10.1. The molecule has 128 valence electrons. The van der Waals surface area contributed by atoms with Crippen molar-refractivity contribution < 1.29 is 19.8 Å². The minimum absolute atomic E-state index is 0.159. The Hall–Kier alpha value is -2.67. The minimum Gasteiger partial charge on any atom is -0.480 e. The SMILES string of the molecule is CCC(NC(Cc1cncn1Cc1ccccc1)C(=O)O)C(=O)O. The van der Waals surface area contributed by atoms with Gasteiger partial charge in [0.15, 0.2) is 0 Å². The molecular weight excluding hydrogens is 310 g/mol. The van der Waals surface area contributed by atoms with Crippen molar-refractivity contribution in [3.8, 4) is 0 Å². The molecule has 3 N–H and O–H groups in total. The Kier molecular flexibility index (Phi) is 6.08. The molecule has 2 unspecified atom stereocenters. The Morgan fingerprint density at radius 1 is 1.17 bits per heavy atom. The lowest BCUT2D eigenvalue weighted by Crippen LogP contribution is -2.48. The fourth-order valence-electron chi connectivity index (χ4n) is 2.47. The van der Waals surface area contributed by atoms with Crippen LogP contribution in [0.3, 0.4) is 0 Å². The quantitative estimate of drug-likeness (QED) is 0.641. The van der Waals surface area contributed by atoms with Crippen LogP contribution in [0.5, 0.6) is 0 Å². The lowest BCUT2D eigenvalue weighted by Gasteiger charge is -2.20. The second-order valence-electron chi connectivity index (χ2n) is 5.56. The Labute approximate surface area is 140 Å². The van der Waals surface area contributed by atoms with E-state index >= 15 is 0 Å². The number of carbonyl (C=O) groups is 2. The number of benzene rings is 1. The molecule has 1 aromatic carbocycles. The molecule has 0 saturated heterocycles. The molecule has 2 rings (SSSR count). The average Bonchev–Trinajstić information content (AvgIpc) is 2.98. The van der Waals surface area contributed by atoms with Gasteiger partial charge in [-0.2, -0.15) is 0 Å². The lowest BCUT2D eigenvalue weighted by molar-refractivity contribution is -0.142. The Morgan fingerprint density at radius 3 is 2.42 bits per heavy atom. The molecule has 0 aliphatic heterocycles. The van der Waals surface area contributed by atoms with Gasteiger partial charge in [0.05, 0.1) is 6.33 Å². The van der Waals surface area contributed by atoms with E-state index in [1.807, 2.05) is 34.9 Å². The summed E-state index contributed by atoms with van der Waals surface area (Å²) in [6, 6.07) is 7.88. The van der Waals surface area contributed by atoms with E-state index in [4.69, 9.17) is 5.11 Å². The van der Waals surface area contributed by atoms with E-state index in [1.54, 1.807) is 19.4 Å². The van der Waals surface area contributed by atoms with Crippen LogP contribution in [0.2, 0.25) is 0 Å². The molecule has 2 aromatic rings. The maximum Gasteiger partial charge on any atom is 0.321 e. The van der Waals surface area contributed by atoms with E-state index in [0.29, 0.717) is 13.0 Å². The zero-order valence-corrected chi connectivity index (χ0v) is 13.4. The molecule has 7 nitrogen and oxygen atoms in total. The highest BCUT2D eigenvalue weighted by atomic mass is 16.4. The summed E-state index contributed by atoms with van der Waals surface area (Å²) in [6.45, 7) is 2.28. The number of carboxylic acid groups (broad SMARTS) is 2. The molecule has 0 radical (unpaired) electrons. The highest BCUT2D eigenvalue weighted by Gasteiger charge is 2.26. The van der Waals surface area contributed by atoms with Crippen molar-refractivity contribution in [2.75, 3.05) is 0 Å². The average molecular weight is 331 g/mol. The van der Waals surface area contributed by atoms with Gasteiger partial charge in [-0.1, -0.05) is 37.3 Å². The molecule has 0 fully saturated rings. The van der Waals surface area contributed by atoms with Gasteiger partial charge in [-0.3, -0.25) is 14.9 Å². The van der Waals surface area contributed by atoms with Crippen LogP contribution < -0.4 is 5.32 Å². The van der Waals surface area contributed by atoms with Crippen molar-refractivity contribution >= 4 is 11.9 Å². The molecule has 0 saturated carbocycles. The summed E-state index contributed by atoms with van der Waals surface area (Å²) >= 11 is 0. The molecule has 1 aromatic heterocycles. The molecule has 0 spiro atoms. The maximum absolute atomic E-state index is 11.5. The van der Waals surface area contributed by atoms with Gasteiger partial charge in [0.25, 0.3) is 0 Å². The summed E-state index contributed by atoms with van der Waals surface area (Å²) in [7, 11) is 0. The Morgan fingerprint density at radius 2 is 1.83 bits per heavy atom. The number of hydrogen-bond acceptors (Lipinski definition) is 4. The predicted octanol–water partition coefficient (Wildman–Crippen LogP) is 1.38. The number of aliphatic carboxylic acids is 2. The third-order valence-electron chi connectivity index (χ3n) is 3.81. The summed E-state index contributed by atoms with van der Waals surface area (Å²) in [5, 5.41) is 21.2. The van der Waals surface area contributed by atoms with Crippen molar-refractivity contribution in [2.24, 2.45) is 0 Å². The largest absolute Gasteiger partial charge is 0.480 e. The van der Waals surface area contributed by atoms with Gasteiger partial charge >= 0.3 is 11.9 Å². The number of nitrogens with one attached hydrogen (secondary N) is 1. The number of nitrogens with zero attached hydrogens (tertiary/aromatic N) is 2. The molecule has 0 bridgehead atoms. The van der Waals surface area contributed by atoms with E-state index in [2.05, 4.69) is 10.3 Å². The standard InChI is InChI=1S/C17H21N3O4/c1-2-14(16(21)22)19-15(17(23)24)8-13-9-18-11-20(13)10-12-6-4-3-5-7-12/h3-7,9,11,14-15,19H,2,8,10H2,1H3,(H,21,22)(H,23,24). The molecule has 0 aliphatic carbocycles. The monoisotopic (exact) mass is 331 g/mol. The van der Waals surface area contributed by atoms with Crippen molar-refractivity contribution in [1.82, 2.24) is 14.9 Å².